The molecule has 0 N–H and O–H groups in total. The number of carbonyl (C=O) groups excluding carboxylic acids is 1. The first kappa shape index (κ1) is 21.2. The van der Waals surface area contributed by atoms with Crippen molar-refractivity contribution in [1.29, 1.82) is 0 Å². The van der Waals surface area contributed by atoms with Gasteiger partial charge in [0.2, 0.25) is 5.91 Å². The Morgan fingerprint density at radius 2 is 2.12 bits per heavy atom. The van der Waals surface area contributed by atoms with E-state index in [0.29, 0.717) is 19.6 Å². The number of aryl methyl sites for hydroxylation is 1. The van der Waals surface area contributed by atoms with Gasteiger partial charge in [0.25, 0.3) is 0 Å². The Morgan fingerprint density at radius 1 is 1.46 bits per heavy atom. The molecule has 0 bridgehead atoms. The number of nitrogens with zero attached hydrogens (tertiary/aromatic N) is 2. The van der Waals surface area contributed by atoms with E-state index < -0.39 is 8.32 Å². The van der Waals surface area contributed by atoms with Gasteiger partial charge in [0.1, 0.15) is 0 Å². The average molecular weight is 393 g/mol. The molecule has 144 valence electrons. The number of rotatable bonds is 7. The fraction of sp³-hybridized carbons (Fsp3) is 0.650. The molecule has 1 aliphatic rings. The van der Waals surface area contributed by atoms with E-state index in [2.05, 4.69) is 45.8 Å². The predicted octanol–water partition coefficient (Wildman–Crippen LogP) is 4.37. The van der Waals surface area contributed by atoms with Gasteiger partial charge in [-0.1, -0.05) is 39.9 Å². The third-order valence-corrected chi connectivity index (χ3v) is 11.0. The average Bonchev–Trinajstić information content (AvgIpc) is 2.54. The standard InChI is InChI=1S/C20H32N2O2SSi/c1-14-8-9-21-16(12-14)19(25)15(2)17-13-18(23)22(17)10-11-24-26(6,7)20(3,4)5/h8-9,12,15,17H,10-11,13H2,1-7H3/t15-,17?/m1/s1. The maximum absolute atomic E-state index is 12.1. The topological polar surface area (TPSA) is 42.4 Å². The normalized spacial score (nSPS) is 19.3. The van der Waals surface area contributed by atoms with Crippen LogP contribution in [0.4, 0.5) is 0 Å². The summed E-state index contributed by atoms with van der Waals surface area (Å²) in [5.41, 5.74) is 2.00. The number of β-lactam (4-membered cyclic amide) rings is 1. The Morgan fingerprint density at radius 3 is 2.65 bits per heavy atom. The maximum atomic E-state index is 12.1. The van der Waals surface area contributed by atoms with Gasteiger partial charge >= 0.3 is 0 Å². The van der Waals surface area contributed by atoms with Crippen LogP contribution in [0.15, 0.2) is 18.3 Å². The highest BCUT2D eigenvalue weighted by molar-refractivity contribution is 7.80. The number of likely N-dealkylation sites (tertiary alicyclic amines) is 1. The van der Waals surface area contributed by atoms with Gasteiger partial charge in [0, 0.05) is 36.0 Å². The van der Waals surface area contributed by atoms with E-state index in [-0.39, 0.29) is 22.9 Å². The highest BCUT2D eigenvalue weighted by Gasteiger charge is 2.42. The highest BCUT2D eigenvalue weighted by Crippen LogP contribution is 2.36. The molecule has 1 aromatic heterocycles. The fourth-order valence-corrected chi connectivity index (χ4v) is 4.21. The molecule has 1 amide bonds. The summed E-state index contributed by atoms with van der Waals surface area (Å²) in [6, 6.07) is 4.14. The second-order valence-electron chi connectivity index (χ2n) is 8.84. The summed E-state index contributed by atoms with van der Waals surface area (Å²) >= 11 is 5.67. The van der Waals surface area contributed by atoms with E-state index in [1.807, 2.05) is 24.0 Å². The maximum Gasteiger partial charge on any atom is 0.225 e. The third-order valence-electron chi connectivity index (χ3n) is 5.86. The first-order valence-electron chi connectivity index (χ1n) is 9.34. The summed E-state index contributed by atoms with van der Waals surface area (Å²) in [6.07, 6.45) is 2.35. The molecular weight excluding hydrogens is 360 g/mol. The Labute approximate surface area is 164 Å². The molecule has 1 aliphatic heterocycles. The fourth-order valence-electron chi connectivity index (χ4n) is 2.91. The molecule has 0 aliphatic carbocycles. The number of amides is 1. The molecule has 6 heteroatoms. The van der Waals surface area contributed by atoms with Crippen molar-refractivity contribution >= 4 is 31.3 Å². The molecule has 2 heterocycles. The van der Waals surface area contributed by atoms with Crippen LogP contribution in [0.25, 0.3) is 0 Å². The Balaban J connectivity index is 1.96. The summed E-state index contributed by atoms with van der Waals surface area (Å²) in [4.78, 5) is 19.3. The zero-order valence-electron chi connectivity index (χ0n) is 17.1. The van der Waals surface area contributed by atoms with Crippen LogP contribution in [0.5, 0.6) is 0 Å². The molecular formula is C20H32N2O2SSi. The van der Waals surface area contributed by atoms with Crippen molar-refractivity contribution in [3.8, 4) is 0 Å². The molecule has 0 radical (unpaired) electrons. The third kappa shape index (κ3) is 4.59. The molecule has 1 saturated heterocycles. The number of aromatic nitrogens is 1. The SMILES string of the molecule is Cc1ccnc(C(=S)[C@H](C)C2CC(=O)N2CCO[Si](C)(C)C(C)(C)C)c1. The zero-order chi connectivity index (χ0) is 19.7. The Hall–Kier alpha value is -1.11. The lowest BCUT2D eigenvalue weighted by Crippen LogP contribution is -2.58. The van der Waals surface area contributed by atoms with Crippen LogP contribution in [0.3, 0.4) is 0 Å². The lowest BCUT2D eigenvalue weighted by Gasteiger charge is -2.45. The minimum absolute atomic E-state index is 0.116. The smallest absolute Gasteiger partial charge is 0.225 e. The summed E-state index contributed by atoms with van der Waals surface area (Å²) in [6.45, 7) is 16.5. The number of hydrogen-bond acceptors (Lipinski definition) is 4. The molecule has 26 heavy (non-hydrogen) atoms. The molecule has 1 unspecified atom stereocenters. The number of thiocarbonyl (C=S) groups is 1. The van der Waals surface area contributed by atoms with E-state index >= 15 is 0 Å². The van der Waals surface area contributed by atoms with Gasteiger partial charge < -0.3 is 9.33 Å². The van der Waals surface area contributed by atoms with Crippen molar-refractivity contribution in [1.82, 2.24) is 9.88 Å². The van der Waals surface area contributed by atoms with Crippen molar-refractivity contribution < 1.29 is 9.22 Å². The van der Waals surface area contributed by atoms with Crippen LogP contribution < -0.4 is 0 Å². The number of carbonyl (C=O) groups is 1. The zero-order valence-corrected chi connectivity index (χ0v) is 18.9. The molecule has 0 saturated carbocycles. The van der Waals surface area contributed by atoms with Crippen LogP contribution in [-0.4, -0.2) is 48.2 Å². The Kier molecular flexibility index (Phi) is 6.41. The van der Waals surface area contributed by atoms with E-state index in [1.54, 1.807) is 6.20 Å². The van der Waals surface area contributed by atoms with Crippen LogP contribution in [0, 0.1) is 12.8 Å². The van der Waals surface area contributed by atoms with Crippen molar-refractivity contribution in [2.75, 3.05) is 13.2 Å². The molecule has 0 spiro atoms. The van der Waals surface area contributed by atoms with Gasteiger partial charge in [-0.05, 0) is 42.8 Å². The van der Waals surface area contributed by atoms with Crippen molar-refractivity contribution in [3.05, 3.63) is 29.6 Å². The second-order valence-corrected chi connectivity index (χ2v) is 14.1. The Bertz CT molecular complexity index is 685. The molecule has 2 atom stereocenters. The van der Waals surface area contributed by atoms with Gasteiger partial charge in [0.15, 0.2) is 8.32 Å². The van der Waals surface area contributed by atoms with Gasteiger partial charge in [-0.2, -0.15) is 0 Å². The minimum Gasteiger partial charge on any atom is -0.415 e. The molecule has 1 fully saturated rings. The number of hydrogen-bond donors (Lipinski definition) is 0. The van der Waals surface area contributed by atoms with Crippen LogP contribution in [-0.2, 0) is 9.22 Å². The highest BCUT2D eigenvalue weighted by atomic mass is 32.1. The van der Waals surface area contributed by atoms with E-state index in [4.69, 9.17) is 16.6 Å². The van der Waals surface area contributed by atoms with E-state index in [9.17, 15) is 4.79 Å². The molecule has 1 aromatic rings. The van der Waals surface area contributed by atoms with Crippen molar-refractivity contribution in [3.63, 3.8) is 0 Å². The largest absolute Gasteiger partial charge is 0.415 e. The summed E-state index contributed by atoms with van der Waals surface area (Å²) in [5.74, 6) is 0.311. The summed E-state index contributed by atoms with van der Waals surface area (Å²) < 4.78 is 6.24. The molecule has 0 aromatic carbocycles. The van der Waals surface area contributed by atoms with Crippen LogP contribution >= 0.6 is 12.2 Å². The summed E-state index contributed by atoms with van der Waals surface area (Å²) in [5, 5.41) is 0.178. The first-order chi connectivity index (χ1) is 11.9. The van der Waals surface area contributed by atoms with Gasteiger partial charge in [0.05, 0.1) is 12.3 Å². The van der Waals surface area contributed by atoms with Gasteiger partial charge in [-0.3, -0.25) is 9.78 Å². The van der Waals surface area contributed by atoms with Crippen LogP contribution in [0.2, 0.25) is 18.1 Å². The van der Waals surface area contributed by atoms with E-state index in [0.717, 1.165) is 16.1 Å². The summed E-state index contributed by atoms with van der Waals surface area (Å²) in [7, 11) is -1.79. The quantitative estimate of drug-likeness (QED) is 0.299. The lowest BCUT2D eigenvalue weighted by molar-refractivity contribution is -0.147. The minimum atomic E-state index is -1.79. The van der Waals surface area contributed by atoms with Crippen molar-refractivity contribution in [2.45, 2.75) is 65.2 Å². The monoisotopic (exact) mass is 392 g/mol. The first-order valence-corrected chi connectivity index (χ1v) is 12.7. The predicted molar refractivity (Wildman–Crippen MR) is 113 cm³/mol. The molecule has 4 nitrogen and oxygen atoms in total. The lowest BCUT2D eigenvalue weighted by atomic mass is 9.86. The van der Waals surface area contributed by atoms with Crippen LogP contribution in [0.1, 0.15) is 45.4 Å². The second kappa shape index (κ2) is 7.86. The van der Waals surface area contributed by atoms with Gasteiger partial charge in [-0.15, -0.1) is 0 Å². The van der Waals surface area contributed by atoms with E-state index in [1.165, 1.54) is 0 Å². The molecule has 2 rings (SSSR count). The number of pyridine rings is 1. The van der Waals surface area contributed by atoms with Gasteiger partial charge in [-0.25, -0.2) is 0 Å². The van der Waals surface area contributed by atoms with Crippen molar-refractivity contribution in [2.24, 2.45) is 5.92 Å².